The molecule has 1 atom stereocenters. The predicted octanol–water partition coefficient (Wildman–Crippen LogP) is 3.44. The second kappa shape index (κ2) is 7.04. The van der Waals surface area contributed by atoms with Crippen LogP contribution in [0, 0.1) is 6.92 Å². The summed E-state index contributed by atoms with van der Waals surface area (Å²) in [7, 11) is 0. The Morgan fingerprint density at radius 2 is 1.71 bits per heavy atom. The van der Waals surface area contributed by atoms with E-state index in [-0.39, 0.29) is 11.9 Å². The minimum Gasteiger partial charge on any atom is -0.324 e. The summed E-state index contributed by atoms with van der Waals surface area (Å²) in [6.07, 6.45) is 0.734. The normalized spacial score (nSPS) is 12.0. The molecule has 0 aromatic heterocycles. The SMILES string of the molecule is CC(=O)N(CCC(N)c1ccccc1)c1ccccc1C. The molecule has 2 N–H and O–H groups in total. The van der Waals surface area contributed by atoms with Crippen LogP contribution < -0.4 is 10.6 Å². The molecular formula is C18H22N2O. The lowest BCUT2D eigenvalue weighted by molar-refractivity contribution is -0.116. The molecule has 110 valence electrons. The maximum absolute atomic E-state index is 11.9. The van der Waals surface area contributed by atoms with Gasteiger partial charge in [-0.25, -0.2) is 0 Å². The molecule has 1 unspecified atom stereocenters. The average Bonchev–Trinajstić information content (AvgIpc) is 2.49. The summed E-state index contributed by atoms with van der Waals surface area (Å²) in [5.41, 5.74) is 9.39. The number of para-hydroxylation sites is 1. The molecular weight excluding hydrogens is 260 g/mol. The Morgan fingerprint density at radius 3 is 2.33 bits per heavy atom. The zero-order chi connectivity index (χ0) is 15.2. The minimum absolute atomic E-state index is 0.0459. The third-order valence-corrected chi connectivity index (χ3v) is 3.68. The van der Waals surface area contributed by atoms with Crippen molar-refractivity contribution < 1.29 is 4.79 Å². The van der Waals surface area contributed by atoms with E-state index in [2.05, 4.69) is 0 Å². The molecule has 1 amide bonds. The van der Waals surface area contributed by atoms with E-state index in [1.165, 1.54) is 0 Å². The first-order valence-electron chi connectivity index (χ1n) is 7.24. The molecule has 3 heteroatoms. The number of hydrogen-bond acceptors (Lipinski definition) is 2. The molecule has 0 aliphatic carbocycles. The first-order chi connectivity index (χ1) is 10.1. The van der Waals surface area contributed by atoms with Gasteiger partial charge in [-0.3, -0.25) is 4.79 Å². The first-order valence-corrected chi connectivity index (χ1v) is 7.24. The van der Waals surface area contributed by atoms with Crippen molar-refractivity contribution in [2.45, 2.75) is 26.3 Å². The molecule has 0 aliphatic rings. The Bertz CT molecular complexity index is 595. The highest BCUT2D eigenvalue weighted by Crippen LogP contribution is 2.22. The fourth-order valence-electron chi connectivity index (χ4n) is 2.45. The van der Waals surface area contributed by atoms with E-state index in [1.807, 2.05) is 61.5 Å². The van der Waals surface area contributed by atoms with Crippen molar-refractivity contribution in [3.05, 3.63) is 65.7 Å². The Hall–Kier alpha value is -2.13. The van der Waals surface area contributed by atoms with E-state index in [9.17, 15) is 4.79 Å². The van der Waals surface area contributed by atoms with Crippen molar-refractivity contribution >= 4 is 11.6 Å². The van der Waals surface area contributed by atoms with Gasteiger partial charge in [0.1, 0.15) is 0 Å². The van der Waals surface area contributed by atoms with Gasteiger partial charge in [0.15, 0.2) is 0 Å². The quantitative estimate of drug-likeness (QED) is 0.913. The van der Waals surface area contributed by atoms with Crippen LogP contribution in [0.3, 0.4) is 0 Å². The van der Waals surface area contributed by atoms with Crippen LogP contribution in [0.15, 0.2) is 54.6 Å². The first kappa shape index (κ1) is 15.3. The summed E-state index contributed by atoms with van der Waals surface area (Å²) >= 11 is 0. The van der Waals surface area contributed by atoms with Gasteiger partial charge in [0.25, 0.3) is 0 Å². The predicted molar refractivity (Wildman–Crippen MR) is 87.2 cm³/mol. The molecule has 2 aromatic rings. The van der Waals surface area contributed by atoms with E-state index >= 15 is 0 Å². The van der Waals surface area contributed by atoms with E-state index < -0.39 is 0 Å². The molecule has 2 rings (SSSR count). The second-order valence-corrected chi connectivity index (χ2v) is 5.26. The lowest BCUT2D eigenvalue weighted by atomic mass is 10.0. The summed E-state index contributed by atoms with van der Waals surface area (Å²) in [6, 6.07) is 17.9. The van der Waals surface area contributed by atoms with Crippen molar-refractivity contribution in [3.8, 4) is 0 Å². The van der Waals surface area contributed by atoms with E-state index in [4.69, 9.17) is 5.73 Å². The van der Waals surface area contributed by atoms with Gasteiger partial charge >= 0.3 is 0 Å². The van der Waals surface area contributed by atoms with Crippen LogP contribution in [0.4, 0.5) is 5.69 Å². The number of nitrogens with zero attached hydrogens (tertiary/aromatic N) is 1. The summed E-state index contributed by atoms with van der Waals surface area (Å²) < 4.78 is 0. The van der Waals surface area contributed by atoms with Crippen molar-refractivity contribution in [2.75, 3.05) is 11.4 Å². The number of amides is 1. The van der Waals surface area contributed by atoms with E-state index in [0.717, 1.165) is 23.2 Å². The molecule has 0 aliphatic heterocycles. The summed E-state index contributed by atoms with van der Waals surface area (Å²) in [5.74, 6) is 0.0459. The van der Waals surface area contributed by atoms with Gasteiger partial charge in [0.2, 0.25) is 5.91 Å². The van der Waals surface area contributed by atoms with Crippen molar-refractivity contribution in [2.24, 2.45) is 5.73 Å². The highest BCUT2D eigenvalue weighted by atomic mass is 16.2. The van der Waals surface area contributed by atoms with Crippen LogP contribution in [0.2, 0.25) is 0 Å². The average molecular weight is 282 g/mol. The lowest BCUT2D eigenvalue weighted by Crippen LogP contribution is -2.32. The van der Waals surface area contributed by atoms with Crippen LogP contribution in [0.5, 0.6) is 0 Å². The van der Waals surface area contributed by atoms with E-state index in [1.54, 1.807) is 11.8 Å². The number of carbonyl (C=O) groups is 1. The fraction of sp³-hybridized carbons (Fsp3) is 0.278. The summed E-state index contributed by atoms with van der Waals surface area (Å²) in [6.45, 7) is 4.24. The molecule has 0 fully saturated rings. The molecule has 0 spiro atoms. The second-order valence-electron chi connectivity index (χ2n) is 5.26. The topological polar surface area (TPSA) is 46.3 Å². The number of carbonyl (C=O) groups excluding carboxylic acids is 1. The van der Waals surface area contributed by atoms with Gasteiger partial charge in [-0.2, -0.15) is 0 Å². The summed E-state index contributed by atoms with van der Waals surface area (Å²) in [5, 5.41) is 0. The third-order valence-electron chi connectivity index (χ3n) is 3.68. The minimum atomic E-state index is -0.0583. The van der Waals surface area contributed by atoms with Crippen molar-refractivity contribution in [3.63, 3.8) is 0 Å². The maximum atomic E-state index is 11.9. The van der Waals surface area contributed by atoms with Gasteiger partial charge in [0, 0.05) is 25.2 Å². The van der Waals surface area contributed by atoms with Gasteiger partial charge < -0.3 is 10.6 Å². The van der Waals surface area contributed by atoms with Crippen molar-refractivity contribution in [1.29, 1.82) is 0 Å². The number of rotatable bonds is 5. The zero-order valence-corrected chi connectivity index (χ0v) is 12.6. The maximum Gasteiger partial charge on any atom is 0.223 e. The number of aryl methyl sites for hydroxylation is 1. The van der Waals surface area contributed by atoms with Crippen LogP contribution >= 0.6 is 0 Å². The van der Waals surface area contributed by atoms with Gasteiger partial charge in [0.05, 0.1) is 0 Å². The van der Waals surface area contributed by atoms with Crippen molar-refractivity contribution in [1.82, 2.24) is 0 Å². The standard InChI is InChI=1S/C18H22N2O/c1-14-8-6-7-11-18(14)20(15(2)21)13-12-17(19)16-9-4-3-5-10-16/h3-11,17H,12-13,19H2,1-2H3. The Morgan fingerprint density at radius 1 is 1.10 bits per heavy atom. The molecule has 0 radical (unpaired) electrons. The monoisotopic (exact) mass is 282 g/mol. The van der Waals surface area contributed by atoms with Crippen LogP contribution in [-0.2, 0) is 4.79 Å². The number of benzene rings is 2. The Balaban J connectivity index is 2.08. The number of hydrogen-bond donors (Lipinski definition) is 1. The molecule has 0 saturated heterocycles. The smallest absolute Gasteiger partial charge is 0.223 e. The van der Waals surface area contributed by atoms with E-state index in [0.29, 0.717) is 6.54 Å². The molecule has 3 nitrogen and oxygen atoms in total. The molecule has 2 aromatic carbocycles. The largest absolute Gasteiger partial charge is 0.324 e. The van der Waals surface area contributed by atoms with Crippen LogP contribution in [0.1, 0.15) is 30.5 Å². The molecule has 21 heavy (non-hydrogen) atoms. The van der Waals surface area contributed by atoms with Gasteiger partial charge in [-0.05, 0) is 30.5 Å². The highest BCUT2D eigenvalue weighted by molar-refractivity contribution is 5.92. The highest BCUT2D eigenvalue weighted by Gasteiger charge is 2.15. The van der Waals surface area contributed by atoms with Gasteiger partial charge in [-0.15, -0.1) is 0 Å². The third kappa shape index (κ3) is 3.92. The molecule has 0 saturated carbocycles. The molecule has 0 bridgehead atoms. The number of nitrogens with two attached hydrogens (primary N) is 1. The van der Waals surface area contributed by atoms with Crippen LogP contribution in [0.25, 0.3) is 0 Å². The van der Waals surface area contributed by atoms with Crippen LogP contribution in [-0.4, -0.2) is 12.5 Å². The van der Waals surface area contributed by atoms with Gasteiger partial charge in [-0.1, -0.05) is 48.5 Å². The zero-order valence-electron chi connectivity index (χ0n) is 12.6. The Kier molecular flexibility index (Phi) is 5.12. The number of anilines is 1. The lowest BCUT2D eigenvalue weighted by Gasteiger charge is -2.24. The molecule has 0 heterocycles. The fourth-order valence-corrected chi connectivity index (χ4v) is 2.45. The Labute approximate surface area is 126 Å². The summed E-state index contributed by atoms with van der Waals surface area (Å²) in [4.78, 5) is 13.7.